The molecule has 0 radical (unpaired) electrons. The summed E-state index contributed by atoms with van der Waals surface area (Å²) in [6, 6.07) is 9.34. The van der Waals surface area contributed by atoms with Crippen molar-refractivity contribution in [2.75, 3.05) is 26.7 Å². The standard InChI is InChI=1S/C15H26N2/c1-5-15(16-11-12-17(4)6-2)14-9-7-13(3)8-10-14/h7-10,15-16H,5-6,11-12H2,1-4H3. The fourth-order valence-electron chi connectivity index (χ4n) is 1.88. The largest absolute Gasteiger partial charge is 0.309 e. The second-order valence-corrected chi connectivity index (χ2v) is 4.72. The predicted molar refractivity (Wildman–Crippen MR) is 75.4 cm³/mol. The van der Waals surface area contributed by atoms with Crippen molar-refractivity contribution in [3.05, 3.63) is 35.4 Å². The Hall–Kier alpha value is -0.860. The van der Waals surface area contributed by atoms with Gasteiger partial charge in [-0.25, -0.2) is 0 Å². The summed E-state index contributed by atoms with van der Waals surface area (Å²) in [6.07, 6.45) is 1.14. The van der Waals surface area contributed by atoms with Crippen molar-refractivity contribution in [3.8, 4) is 0 Å². The van der Waals surface area contributed by atoms with E-state index in [4.69, 9.17) is 0 Å². The van der Waals surface area contributed by atoms with E-state index in [1.807, 2.05) is 0 Å². The monoisotopic (exact) mass is 234 g/mol. The topological polar surface area (TPSA) is 15.3 Å². The lowest BCUT2D eigenvalue weighted by molar-refractivity contribution is 0.338. The molecule has 2 heteroatoms. The second kappa shape index (κ2) is 7.46. The van der Waals surface area contributed by atoms with Crippen molar-refractivity contribution in [2.24, 2.45) is 0 Å². The molecule has 1 N–H and O–H groups in total. The Morgan fingerprint density at radius 2 is 1.82 bits per heavy atom. The van der Waals surface area contributed by atoms with Gasteiger partial charge < -0.3 is 10.2 Å². The van der Waals surface area contributed by atoms with Gasteiger partial charge in [-0.2, -0.15) is 0 Å². The summed E-state index contributed by atoms with van der Waals surface area (Å²) in [6.45, 7) is 9.84. The van der Waals surface area contributed by atoms with Gasteiger partial charge in [0.25, 0.3) is 0 Å². The zero-order valence-electron chi connectivity index (χ0n) is 11.7. The first-order valence-corrected chi connectivity index (χ1v) is 6.65. The number of nitrogens with zero attached hydrogens (tertiary/aromatic N) is 1. The quantitative estimate of drug-likeness (QED) is 0.780. The Bertz CT molecular complexity index is 305. The molecule has 17 heavy (non-hydrogen) atoms. The van der Waals surface area contributed by atoms with Crippen LogP contribution >= 0.6 is 0 Å². The number of aryl methyl sites for hydroxylation is 1. The van der Waals surface area contributed by atoms with Crippen LogP contribution in [0.5, 0.6) is 0 Å². The van der Waals surface area contributed by atoms with Crippen LogP contribution in [-0.2, 0) is 0 Å². The summed E-state index contributed by atoms with van der Waals surface area (Å²) >= 11 is 0. The highest BCUT2D eigenvalue weighted by Crippen LogP contribution is 2.16. The Labute approximate surface area is 106 Å². The van der Waals surface area contributed by atoms with Gasteiger partial charge in [-0.15, -0.1) is 0 Å². The third-order valence-corrected chi connectivity index (χ3v) is 3.31. The van der Waals surface area contributed by atoms with Gasteiger partial charge in [0.05, 0.1) is 0 Å². The third-order valence-electron chi connectivity index (χ3n) is 3.31. The van der Waals surface area contributed by atoms with Crippen LogP contribution in [0.25, 0.3) is 0 Å². The normalized spacial score (nSPS) is 13.0. The van der Waals surface area contributed by atoms with Crippen LogP contribution in [0.2, 0.25) is 0 Å². The highest BCUT2D eigenvalue weighted by Gasteiger charge is 2.07. The molecule has 0 bridgehead atoms. The number of nitrogens with one attached hydrogen (secondary N) is 1. The van der Waals surface area contributed by atoms with Gasteiger partial charge in [0.1, 0.15) is 0 Å². The fraction of sp³-hybridized carbons (Fsp3) is 0.600. The van der Waals surface area contributed by atoms with E-state index in [-0.39, 0.29) is 0 Å². The molecule has 0 saturated carbocycles. The summed E-state index contributed by atoms with van der Waals surface area (Å²) < 4.78 is 0. The fourth-order valence-corrected chi connectivity index (χ4v) is 1.88. The number of hydrogen-bond acceptors (Lipinski definition) is 2. The minimum atomic E-state index is 0.487. The molecular formula is C15H26N2. The van der Waals surface area contributed by atoms with Gasteiger partial charge in [-0.05, 0) is 32.5 Å². The van der Waals surface area contributed by atoms with Crippen molar-refractivity contribution in [1.29, 1.82) is 0 Å². The van der Waals surface area contributed by atoms with E-state index < -0.39 is 0 Å². The number of likely N-dealkylation sites (N-methyl/N-ethyl adjacent to an activating group) is 1. The van der Waals surface area contributed by atoms with E-state index in [0.29, 0.717) is 6.04 Å². The van der Waals surface area contributed by atoms with E-state index >= 15 is 0 Å². The van der Waals surface area contributed by atoms with Gasteiger partial charge in [-0.3, -0.25) is 0 Å². The lowest BCUT2D eigenvalue weighted by Gasteiger charge is -2.20. The van der Waals surface area contributed by atoms with E-state index in [1.54, 1.807) is 0 Å². The van der Waals surface area contributed by atoms with Crippen LogP contribution in [0.4, 0.5) is 0 Å². The minimum absolute atomic E-state index is 0.487. The van der Waals surface area contributed by atoms with Crippen molar-refractivity contribution in [3.63, 3.8) is 0 Å². The van der Waals surface area contributed by atoms with Crippen LogP contribution < -0.4 is 5.32 Å². The smallest absolute Gasteiger partial charge is 0.0318 e. The average Bonchev–Trinajstić information content (AvgIpc) is 2.35. The molecule has 0 amide bonds. The van der Waals surface area contributed by atoms with Gasteiger partial charge in [0.15, 0.2) is 0 Å². The predicted octanol–water partition coefficient (Wildman–Crippen LogP) is 2.99. The Morgan fingerprint density at radius 1 is 1.18 bits per heavy atom. The maximum Gasteiger partial charge on any atom is 0.0318 e. The number of hydrogen-bond donors (Lipinski definition) is 1. The van der Waals surface area contributed by atoms with Crippen molar-refractivity contribution in [1.82, 2.24) is 10.2 Å². The molecule has 0 saturated heterocycles. The first-order valence-electron chi connectivity index (χ1n) is 6.65. The SMILES string of the molecule is CCC(NCCN(C)CC)c1ccc(C)cc1. The van der Waals surface area contributed by atoms with Gasteiger partial charge >= 0.3 is 0 Å². The van der Waals surface area contributed by atoms with Crippen molar-refractivity contribution in [2.45, 2.75) is 33.2 Å². The van der Waals surface area contributed by atoms with E-state index in [1.165, 1.54) is 11.1 Å². The molecule has 0 aliphatic rings. The third kappa shape index (κ3) is 4.88. The molecule has 0 aliphatic carbocycles. The molecule has 1 aromatic rings. The van der Waals surface area contributed by atoms with Crippen molar-refractivity contribution >= 4 is 0 Å². The Kier molecular flexibility index (Phi) is 6.23. The van der Waals surface area contributed by atoms with Gasteiger partial charge in [0, 0.05) is 19.1 Å². The molecule has 0 heterocycles. The molecule has 0 aliphatic heterocycles. The summed E-state index contributed by atoms with van der Waals surface area (Å²) in [5.74, 6) is 0. The highest BCUT2D eigenvalue weighted by molar-refractivity contribution is 5.23. The summed E-state index contributed by atoms with van der Waals surface area (Å²) in [7, 11) is 2.16. The molecule has 1 aromatic carbocycles. The van der Waals surface area contributed by atoms with Crippen LogP contribution in [0, 0.1) is 6.92 Å². The molecule has 0 aromatic heterocycles. The molecule has 2 nitrogen and oxygen atoms in total. The zero-order chi connectivity index (χ0) is 12.7. The zero-order valence-corrected chi connectivity index (χ0v) is 11.7. The summed E-state index contributed by atoms with van der Waals surface area (Å²) in [5, 5.41) is 3.63. The van der Waals surface area contributed by atoms with Crippen LogP contribution in [0.3, 0.4) is 0 Å². The number of benzene rings is 1. The Balaban J connectivity index is 2.45. The van der Waals surface area contributed by atoms with E-state index in [0.717, 1.165) is 26.1 Å². The lowest BCUT2D eigenvalue weighted by Crippen LogP contribution is -2.31. The van der Waals surface area contributed by atoms with E-state index in [2.05, 4.69) is 62.3 Å². The molecule has 1 unspecified atom stereocenters. The summed E-state index contributed by atoms with van der Waals surface area (Å²) in [4.78, 5) is 2.33. The lowest BCUT2D eigenvalue weighted by atomic mass is 10.0. The van der Waals surface area contributed by atoms with Crippen molar-refractivity contribution < 1.29 is 0 Å². The maximum absolute atomic E-state index is 3.63. The average molecular weight is 234 g/mol. The molecule has 1 rings (SSSR count). The van der Waals surface area contributed by atoms with Gasteiger partial charge in [-0.1, -0.05) is 43.7 Å². The molecule has 96 valence electrons. The molecular weight excluding hydrogens is 208 g/mol. The minimum Gasteiger partial charge on any atom is -0.309 e. The van der Waals surface area contributed by atoms with Crippen LogP contribution in [0.1, 0.15) is 37.4 Å². The summed E-state index contributed by atoms with van der Waals surface area (Å²) in [5.41, 5.74) is 2.73. The van der Waals surface area contributed by atoms with Crippen LogP contribution in [-0.4, -0.2) is 31.6 Å². The molecule has 0 spiro atoms. The van der Waals surface area contributed by atoms with E-state index in [9.17, 15) is 0 Å². The first-order chi connectivity index (χ1) is 8.17. The van der Waals surface area contributed by atoms with Gasteiger partial charge in [0.2, 0.25) is 0 Å². The molecule has 0 fully saturated rings. The highest BCUT2D eigenvalue weighted by atomic mass is 15.1. The van der Waals surface area contributed by atoms with Crippen LogP contribution in [0.15, 0.2) is 24.3 Å². The molecule has 1 atom stereocenters. The second-order valence-electron chi connectivity index (χ2n) is 4.72. The maximum atomic E-state index is 3.63. The first kappa shape index (κ1) is 14.2. The number of rotatable bonds is 7. The Morgan fingerprint density at radius 3 is 2.35 bits per heavy atom.